The third-order valence-electron chi connectivity index (χ3n) is 3.21. The van der Waals surface area contributed by atoms with Gasteiger partial charge in [0.1, 0.15) is 11.5 Å². The fourth-order valence-corrected chi connectivity index (χ4v) is 2.15. The number of benzene rings is 2. The van der Waals surface area contributed by atoms with Crippen molar-refractivity contribution in [3.63, 3.8) is 0 Å². The largest absolute Gasteiger partial charge is 0.493 e. The molecular formula is C19H22N2O4. The van der Waals surface area contributed by atoms with E-state index in [1.54, 1.807) is 48.5 Å². The molecule has 2 aromatic rings. The SMILES string of the molecule is CCOc1ccccc1C(=O)NNC(=O)c1ccc(OC(C)C)cc1. The molecule has 0 aliphatic rings. The van der Waals surface area contributed by atoms with Crippen molar-refractivity contribution in [1.29, 1.82) is 0 Å². The van der Waals surface area contributed by atoms with Gasteiger partial charge in [-0.25, -0.2) is 0 Å². The Morgan fingerprint density at radius 2 is 1.60 bits per heavy atom. The van der Waals surface area contributed by atoms with E-state index in [0.29, 0.717) is 29.2 Å². The van der Waals surface area contributed by atoms with Gasteiger partial charge >= 0.3 is 0 Å². The molecule has 2 N–H and O–H groups in total. The van der Waals surface area contributed by atoms with Crippen molar-refractivity contribution < 1.29 is 19.1 Å². The van der Waals surface area contributed by atoms with Crippen molar-refractivity contribution in [2.45, 2.75) is 26.9 Å². The Hall–Kier alpha value is -3.02. The molecule has 0 bridgehead atoms. The first-order valence-corrected chi connectivity index (χ1v) is 8.10. The highest BCUT2D eigenvalue weighted by atomic mass is 16.5. The maximum atomic E-state index is 12.2. The maximum absolute atomic E-state index is 12.2. The van der Waals surface area contributed by atoms with E-state index in [1.807, 2.05) is 20.8 Å². The topological polar surface area (TPSA) is 76.7 Å². The van der Waals surface area contributed by atoms with E-state index in [-0.39, 0.29) is 6.10 Å². The van der Waals surface area contributed by atoms with E-state index in [9.17, 15) is 9.59 Å². The van der Waals surface area contributed by atoms with Crippen LogP contribution in [0.5, 0.6) is 11.5 Å². The number of ether oxygens (including phenoxy) is 2. The smallest absolute Gasteiger partial charge is 0.273 e. The summed E-state index contributed by atoms with van der Waals surface area (Å²) in [5.74, 6) is 0.281. The highest BCUT2D eigenvalue weighted by Crippen LogP contribution is 2.17. The molecule has 2 aromatic carbocycles. The summed E-state index contributed by atoms with van der Waals surface area (Å²) in [6.07, 6.45) is 0.0596. The Labute approximate surface area is 147 Å². The molecule has 0 saturated heterocycles. The number of hydrazine groups is 1. The molecule has 0 spiro atoms. The summed E-state index contributed by atoms with van der Waals surface area (Å²) in [4.78, 5) is 24.4. The van der Waals surface area contributed by atoms with Crippen molar-refractivity contribution in [2.75, 3.05) is 6.61 Å². The Morgan fingerprint density at radius 3 is 2.24 bits per heavy atom. The van der Waals surface area contributed by atoms with E-state index in [0.717, 1.165) is 0 Å². The lowest BCUT2D eigenvalue weighted by Crippen LogP contribution is -2.41. The fourth-order valence-electron chi connectivity index (χ4n) is 2.15. The second-order valence-corrected chi connectivity index (χ2v) is 5.53. The molecule has 0 atom stereocenters. The zero-order valence-corrected chi connectivity index (χ0v) is 14.5. The van der Waals surface area contributed by atoms with Crippen LogP contribution in [0.3, 0.4) is 0 Å². The minimum absolute atomic E-state index is 0.0596. The maximum Gasteiger partial charge on any atom is 0.273 e. The van der Waals surface area contributed by atoms with Crippen LogP contribution in [-0.2, 0) is 0 Å². The molecule has 25 heavy (non-hydrogen) atoms. The second kappa shape index (κ2) is 8.73. The van der Waals surface area contributed by atoms with Crippen LogP contribution in [-0.4, -0.2) is 24.5 Å². The normalized spacial score (nSPS) is 10.2. The van der Waals surface area contributed by atoms with Gasteiger partial charge in [-0.2, -0.15) is 0 Å². The first-order chi connectivity index (χ1) is 12.0. The van der Waals surface area contributed by atoms with Gasteiger partial charge in [-0.3, -0.25) is 20.4 Å². The van der Waals surface area contributed by atoms with Crippen molar-refractivity contribution in [3.05, 3.63) is 59.7 Å². The number of carbonyl (C=O) groups excluding carboxylic acids is 2. The van der Waals surface area contributed by atoms with Gasteiger partial charge in [0.2, 0.25) is 0 Å². The van der Waals surface area contributed by atoms with Gasteiger partial charge in [-0.1, -0.05) is 12.1 Å². The molecule has 2 rings (SSSR count). The molecule has 0 aliphatic carbocycles. The predicted molar refractivity (Wildman–Crippen MR) is 94.7 cm³/mol. The summed E-state index contributed by atoms with van der Waals surface area (Å²) in [5, 5.41) is 0. The van der Waals surface area contributed by atoms with E-state index < -0.39 is 11.8 Å². The lowest BCUT2D eigenvalue weighted by atomic mass is 10.2. The van der Waals surface area contributed by atoms with Crippen LogP contribution < -0.4 is 20.3 Å². The van der Waals surface area contributed by atoms with Crippen molar-refractivity contribution in [1.82, 2.24) is 10.9 Å². The molecule has 0 radical (unpaired) electrons. The zero-order chi connectivity index (χ0) is 18.2. The Bertz CT molecular complexity index is 726. The number of hydrogen-bond acceptors (Lipinski definition) is 4. The molecule has 0 aliphatic heterocycles. The van der Waals surface area contributed by atoms with Gasteiger partial charge in [-0.15, -0.1) is 0 Å². The molecular weight excluding hydrogens is 320 g/mol. The van der Waals surface area contributed by atoms with Crippen molar-refractivity contribution >= 4 is 11.8 Å². The van der Waals surface area contributed by atoms with Gasteiger partial charge in [-0.05, 0) is 57.2 Å². The van der Waals surface area contributed by atoms with E-state index in [4.69, 9.17) is 9.47 Å². The molecule has 6 heteroatoms. The van der Waals surface area contributed by atoms with Gasteiger partial charge in [0.25, 0.3) is 11.8 Å². The van der Waals surface area contributed by atoms with E-state index in [1.165, 1.54) is 0 Å². The molecule has 2 amide bonds. The highest BCUT2D eigenvalue weighted by molar-refractivity contribution is 6.00. The van der Waals surface area contributed by atoms with E-state index >= 15 is 0 Å². The molecule has 0 unspecified atom stereocenters. The summed E-state index contributed by atoms with van der Waals surface area (Å²) < 4.78 is 10.9. The molecule has 132 valence electrons. The van der Waals surface area contributed by atoms with Gasteiger partial charge in [0.15, 0.2) is 0 Å². The third-order valence-corrected chi connectivity index (χ3v) is 3.21. The fraction of sp³-hybridized carbons (Fsp3) is 0.263. The lowest BCUT2D eigenvalue weighted by molar-refractivity contribution is 0.0844. The molecule has 0 aromatic heterocycles. The van der Waals surface area contributed by atoms with Crippen LogP contribution in [0.15, 0.2) is 48.5 Å². The lowest BCUT2D eigenvalue weighted by Gasteiger charge is -2.12. The first kappa shape index (κ1) is 18.3. The van der Waals surface area contributed by atoms with Gasteiger partial charge in [0, 0.05) is 5.56 Å². The number of rotatable bonds is 6. The third kappa shape index (κ3) is 5.24. The van der Waals surface area contributed by atoms with Crippen LogP contribution in [0, 0.1) is 0 Å². The summed E-state index contributed by atoms with van der Waals surface area (Å²) in [6.45, 7) is 6.14. The summed E-state index contributed by atoms with van der Waals surface area (Å²) in [7, 11) is 0. The Balaban J connectivity index is 1.96. The highest BCUT2D eigenvalue weighted by Gasteiger charge is 2.13. The summed E-state index contributed by atoms with van der Waals surface area (Å²) in [6, 6.07) is 13.5. The second-order valence-electron chi connectivity index (χ2n) is 5.53. The standard InChI is InChI=1S/C19H22N2O4/c1-4-24-17-8-6-5-7-16(17)19(23)21-20-18(22)14-9-11-15(12-10-14)25-13(2)3/h5-13H,4H2,1-3H3,(H,20,22)(H,21,23). The number of amides is 2. The molecule has 0 heterocycles. The Morgan fingerprint density at radius 1 is 0.960 bits per heavy atom. The minimum atomic E-state index is -0.447. The van der Waals surface area contributed by atoms with Gasteiger partial charge < -0.3 is 9.47 Å². The average molecular weight is 342 g/mol. The van der Waals surface area contributed by atoms with Crippen molar-refractivity contribution in [3.8, 4) is 11.5 Å². The predicted octanol–water partition coefficient (Wildman–Crippen LogP) is 2.95. The number of nitrogens with one attached hydrogen (secondary N) is 2. The monoisotopic (exact) mass is 342 g/mol. The quantitative estimate of drug-likeness (QED) is 0.791. The molecule has 0 saturated carbocycles. The Kier molecular flexibility index (Phi) is 6.39. The summed E-state index contributed by atoms with van der Waals surface area (Å²) in [5.41, 5.74) is 5.55. The summed E-state index contributed by atoms with van der Waals surface area (Å²) >= 11 is 0. The number of carbonyl (C=O) groups is 2. The molecule has 0 fully saturated rings. The van der Waals surface area contributed by atoms with Crippen LogP contribution in [0.4, 0.5) is 0 Å². The minimum Gasteiger partial charge on any atom is -0.493 e. The van der Waals surface area contributed by atoms with E-state index in [2.05, 4.69) is 10.9 Å². The molecule has 6 nitrogen and oxygen atoms in total. The van der Waals surface area contributed by atoms with Crippen LogP contribution >= 0.6 is 0 Å². The average Bonchev–Trinajstić information content (AvgIpc) is 2.60. The number of para-hydroxylation sites is 1. The van der Waals surface area contributed by atoms with Crippen LogP contribution in [0.2, 0.25) is 0 Å². The van der Waals surface area contributed by atoms with Crippen LogP contribution in [0.25, 0.3) is 0 Å². The first-order valence-electron chi connectivity index (χ1n) is 8.10. The number of hydrogen-bond donors (Lipinski definition) is 2. The van der Waals surface area contributed by atoms with Crippen molar-refractivity contribution in [2.24, 2.45) is 0 Å². The van der Waals surface area contributed by atoms with Gasteiger partial charge in [0.05, 0.1) is 18.3 Å². The van der Waals surface area contributed by atoms with Crippen LogP contribution in [0.1, 0.15) is 41.5 Å². The zero-order valence-electron chi connectivity index (χ0n) is 14.5.